The fourth-order valence-corrected chi connectivity index (χ4v) is 2.14. The maximum Gasteiger partial charge on any atom is 0.356 e. The van der Waals surface area contributed by atoms with Crippen LogP contribution in [0.4, 0.5) is 5.82 Å². The van der Waals surface area contributed by atoms with Crippen LogP contribution in [0.2, 0.25) is 5.02 Å². The van der Waals surface area contributed by atoms with Crippen molar-refractivity contribution in [2.45, 2.75) is 26.2 Å². The maximum absolute atomic E-state index is 10.9. The van der Waals surface area contributed by atoms with E-state index in [-0.39, 0.29) is 10.7 Å². The Hall–Kier alpha value is -1.29. The van der Waals surface area contributed by atoms with E-state index in [1.807, 2.05) is 0 Å². The molecule has 0 spiro atoms. The fraction of sp³-hybridized carbons (Fsp3) is 0.500. The smallest absolute Gasteiger partial charge is 0.356 e. The number of aromatic carboxylic acids is 1. The Morgan fingerprint density at radius 2 is 2.29 bits per heavy atom. The molecule has 0 radical (unpaired) electrons. The molecule has 0 unspecified atom stereocenters. The first-order valence-corrected chi connectivity index (χ1v) is 6.02. The van der Waals surface area contributed by atoms with Crippen LogP contribution in [0.3, 0.4) is 0 Å². The van der Waals surface area contributed by atoms with Gasteiger partial charge in [-0.2, -0.15) is 0 Å². The largest absolute Gasteiger partial charge is 0.476 e. The summed E-state index contributed by atoms with van der Waals surface area (Å²) >= 11 is 5.75. The minimum Gasteiger partial charge on any atom is -0.476 e. The van der Waals surface area contributed by atoms with Crippen molar-refractivity contribution in [2.75, 3.05) is 11.9 Å². The second-order valence-corrected chi connectivity index (χ2v) is 5.26. The summed E-state index contributed by atoms with van der Waals surface area (Å²) in [6.45, 7) is 3.04. The number of rotatable bonds is 4. The highest BCUT2D eigenvalue weighted by molar-refractivity contribution is 6.33. The van der Waals surface area contributed by atoms with Gasteiger partial charge in [0, 0.05) is 6.54 Å². The van der Waals surface area contributed by atoms with Crippen molar-refractivity contribution in [3.05, 3.63) is 22.8 Å². The molecule has 0 saturated heterocycles. The molecule has 2 N–H and O–H groups in total. The number of carbonyl (C=O) groups is 1. The van der Waals surface area contributed by atoms with Gasteiger partial charge in [0.2, 0.25) is 0 Å². The van der Waals surface area contributed by atoms with Crippen LogP contribution < -0.4 is 5.32 Å². The first-order chi connectivity index (χ1) is 8.00. The number of anilines is 1. The topological polar surface area (TPSA) is 62.2 Å². The molecule has 0 amide bonds. The summed E-state index contributed by atoms with van der Waals surface area (Å²) in [4.78, 5) is 14.9. The van der Waals surface area contributed by atoms with Crippen LogP contribution in [-0.4, -0.2) is 22.6 Å². The standard InChI is InChI=1S/C12H15ClN2O2/c1-12(5-2-6-12)7-14-9-4-3-8(13)10(15-9)11(16)17/h3-4H,2,5-7H2,1H3,(H,14,15)(H,16,17). The van der Waals surface area contributed by atoms with Crippen LogP contribution in [-0.2, 0) is 0 Å². The van der Waals surface area contributed by atoms with Crippen LogP contribution in [0.25, 0.3) is 0 Å². The Kier molecular flexibility index (Phi) is 3.24. The molecular weight excluding hydrogens is 240 g/mol. The lowest BCUT2D eigenvalue weighted by atomic mass is 9.70. The minimum absolute atomic E-state index is 0.101. The van der Waals surface area contributed by atoms with Gasteiger partial charge in [0.15, 0.2) is 5.69 Å². The number of nitrogens with zero attached hydrogens (tertiary/aromatic N) is 1. The molecule has 4 nitrogen and oxygen atoms in total. The Labute approximate surface area is 105 Å². The second kappa shape index (κ2) is 4.53. The molecule has 1 heterocycles. The number of hydrogen-bond acceptors (Lipinski definition) is 3. The van der Waals surface area contributed by atoms with Crippen molar-refractivity contribution < 1.29 is 9.90 Å². The first kappa shape index (κ1) is 12.2. The zero-order valence-corrected chi connectivity index (χ0v) is 10.4. The first-order valence-electron chi connectivity index (χ1n) is 5.64. The summed E-state index contributed by atoms with van der Waals surface area (Å²) in [5, 5.41) is 12.2. The van der Waals surface area contributed by atoms with Gasteiger partial charge in [-0.05, 0) is 30.4 Å². The van der Waals surface area contributed by atoms with Crippen LogP contribution in [0.5, 0.6) is 0 Å². The van der Waals surface area contributed by atoms with Crippen molar-refractivity contribution >= 4 is 23.4 Å². The Morgan fingerprint density at radius 3 is 2.82 bits per heavy atom. The van der Waals surface area contributed by atoms with E-state index in [4.69, 9.17) is 16.7 Å². The second-order valence-electron chi connectivity index (χ2n) is 4.85. The van der Waals surface area contributed by atoms with Crippen molar-refractivity contribution in [3.63, 3.8) is 0 Å². The Balaban J connectivity index is 2.06. The normalized spacial score (nSPS) is 17.3. The molecule has 92 valence electrons. The number of carboxylic acid groups (broad SMARTS) is 1. The Bertz CT molecular complexity index is 444. The van der Waals surface area contributed by atoms with Gasteiger partial charge in [0.05, 0.1) is 5.02 Å². The molecule has 0 atom stereocenters. The van der Waals surface area contributed by atoms with Gasteiger partial charge < -0.3 is 10.4 Å². The molecule has 1 aromatic rings. The third-order valence-corrected chi connectivity index (χ3v) is 3.61. The van der Waals surface area contributed by atoms with E-state index < -0.39 is 5.97 Å². The van der Waals surface area contributed by atoms with Crippen LogP contribution in [0, 0.1) is 5.41 Å². The monoisotopic (exact) mass is 254 g/mol. The molecule has 17 heavy (non-hydrogen) atoms. The van der Waals surface area contributed by atoms with Gasteiger partial charge in [-0.3, -0.25) is 0 Å². The molecule has 1 fully saturated rings. The number of halogens is 1. The van der Waals surface area contributed by atoms with Gasteiger partial charge in [0.1, 0.15) is 5.82 Å². The molecule has 2 rings (SSSR count). The predicted molar refractivity (Wildman–Crippen MR) is 66.7 cm³/mol. The van der Waals surface area contributed by atoms with Crippen molar-refractivity contribution in [2.24, 2.45) is 5.41 Å². The molecule has 1 aliphatic rings. The zero-order chi connectivity index (χ0) is 12.5. The van der Waals surface area contributed by atoms with Crippen molar-refractivity contribution in [1.29, 1.82) is 0 Å². The van der Waals surface area contributed by atoms with Crippen molar-refractivity contribution in [3.8, 4) is 0 Å². The average Bonchev–Trinajstić information content (AvgIpc) is 2.25. The number of nitrogens with one attached hydrogen (secondary N) is 1. The van der Waals surface area contributed by atoms with E-state index >= 15 is 0 Å². The summed E-state index contributed by atoms with van der Waals surface area (Å²) < 4.78 is 0. The molecule has 1 aliphatic carbocycles. The van der Waals surface area contributed by atoms with Crippen LogP contribution in [0.1, 0.15) is 36.7 Å². The van der Waals surface area contributed by atoms with Crippen LogP contribution >= 0.6 is 11.6 Å². The lowest BCUT2D eigenvalue weighted by Gasteiger charge is -2.38. The summed E-state index contributed by atoms with van der Waals surface area (Å²) in [6, 6.07) is 3.26. The molecule has 0 aliphatic heterocycles. The lowest BCUT2D eigenvalue weighted by molar-refractivity contribution is 0.0691. The maximum atomic E-state index is 10.9. The van der Waals surface area contributed by atoms with E-state index in [1.54, 1.807) is 12.1 Å². The van der Waals surface area contributed by atoms with E-state index in [0.29, 0.717) is 11.2 Å². The van der Waals surface area contributed by atoms with Crippen molar-refractivity contribution in [1.82, 2.24) is 4.98 Å². The van der Waals surface area contributed by atoms with Gasteiger partial charge in [-0.15, -0.1) is 0 Å². The van der Waals surface area contributed by atoms with Gasteiger partial charge in [-0.25, -0.2) is 9.78 Å². The molecule has 5 heteroatoms. The average molecular weight is 255 g/mol. The van der Waals surface area contributed by atoms with Gasteiger partial charge in [0.25, 0.3) is 0 Å². The zero-order valence-electron chi connectivity index (χ0n) is 9.66. The quantitative estimate of drug-likeness (QED) is 0.867. The van der Waals surface area contributed by atoms with Crippen LogP contribution in [0.15, 0.2) is 12.1 Å². The van der Waals surface area contributed by atoms with Gasteiger partial charge in [-0.1, -0.05) is 24.9 Å². The summed E-state index contributed by atoms with van der Waals surface area (Å²) in [5.41, 5.74) is 0.223. The Morgan fingerprint density at radius 1 is 1.59 bits per heavy atom. The van der Waals surface area contributed by atoms with E-state index in [9.17, 15) is 4.79 Å². The molecule has 0 bridgehead atoms. The third-order valence-electron chi connectivity index (χ3n) is 3.31. The number of carboxylic acids is 1. The van der Waals surface area contributed by atoms with E-state index in [0.717, 1.165) is 6.54 Å². The van der Waals surface area contributed by atoms with E-state index in [2.05, 4.69) is 17.2 Å². The molecule has 1 aromatic heterocycles. The lowest BCUT2D eigenvalue weighted by Crippen LogP contribution is -2.33. The molecule has 0 aromatic carbocycles. The fourth-order valence-electron chi connectivity index (χ4n) is 1.95. The van der Waals surface area contributed by atoms with Gasteiger partial charge >= 0.3 is 5.97 Å². The highest BCUT2D eigenvalue weighted by Gasteiger charge is 2.31. The number of hydrogen-bond donors (Lipinski definition) is 2. The third kappa shape index (κ3) is 2.69. The minimum atomic E-state index is -1.10. The summed E-state index contributed by atoms with van der Waals surface area (Å²) in [6.07, 6.45) is 3.69. The molecule has 1 saturated carbocycles. The number of pyridine rings is 1. The SMILES string of the molecule is CC1(CNc2ccc(Cl)c(C(=O)O)n2)CCC1. The highest BCUT2D eigenvalue weighted by atomic mass is 35.5. The summed E-state index contributed by atoms with van der Waals surface area (Å²) in [5.74, 6) is -0.534. The van der Waals surface area contributed by atoms with E-state index in [1.165, 1.54) is 19.3 Å². The summed E-state index contributed by atoms with van der Waals surface area (Å²) in [7, 11) is 0. The number of aromatic nitrogens is 1. The highest BCUT2D eigenvalue weighted by Crippen LogP contribution is 2.40. The molecular formula is C12H15ClN2O2. The predicted octanol–water partition coefficient (Wildman–Crippen LogP) is 3.04.